The van der Waals surface area contributed by atoms with Crippen LogP contribution in [0.2, 0.25) is 0 Å². The lowest BCUT2D eigenvalue weighted by atomic mass is 10.1. The maximum Gasteiger partial charge on any atom is 0.332 e. The molecule has 0 saturated heterocycles. The van der Waals surface area contributed by atoms with Crippen LogP contribution in [0.5, 0.6) is 0 Å². The predicted octanol–water partition coefficient (Wildman–Crippen LogP) is 3.64. The molecule has 0 fully saturated rings. The molecule has 15 heavy (non-hydrogen) atoms. The van der Waals surface area contributed by atoms with Crippen LogP contribution < -0.4 is 0 Å². The van der Waals surface area contributed by atoms with Gasteiger partial charge in [0.15, 0.2) is 0 Å². The standard InChI is InChI=1S/C8H18Cl2NO3P/c1-5-13-15(12,14-6-2)7-8(3,4)11(9)10/h5-7H2,1-4H3. The molecule has 7 heteroatoms. The monoisotopic (exact) mass is 277 g/mol. The first-order chi connectivity index (χ1) is 6.77. The van der Waals surface area contributed by atoms with E-state index >= 15 is 0 Å². The van der Waals surface area contributed by atoms with Gasteiger partial charge in [0.1, 0.15) is 0 Å². The summed E-state index contributed by atoms with van der Waals surface area (Å²) in [5.41, 5.74) is -0.664. The van der Waals surface area contributed by atoms with Crippen LogP contribution in [0.3, 0.4) is 0 Å². The third kappa shape index (κ3) is 5.53. The van der Waals surface area contributed by atoms with Gasteiger partial charge in [-0.05, 0) is 51.2 Å². The van der Waals surface area contributed by atoms with Crippen molar-refractivity contribution in [1.82, 2.24) is 3.94 Å². The Hall–Kier alpha value is 0.690. The average molecular weight is 278 g/mol. The maximum atomic E-state index is 12.1. The summed E-state index contributed by atoms with van der Waals surface area (Å²) in [4.78, 5) is 0. The minimum atomic E-state index is -3.11. The van der Waals surface area contributed by atoms with Crippen LogP contribution in [0, 0.1) is 0 Å². The lowest BCUT2D eigenvalue weighted by Gasteiger charge is -2.30. The molecule has 0 aliphatic heterocycles. The van der Waals surface area contributed by atoms with Crippen LogP contribution in [-0.4, -0.2) is 28.9 Å². The quantitative estimate of drug-likeness (QED) is 0.526. The Labute approximate surface area is 102 Å². The van der Waals surface area contributed by atoms with E-state index in [1.165, 1.54) is 0 Å². The Morgan fingerprint density at radius 2 is 1.60 bits per heavy atom. The van der Waals surface area contributed by atoms with E-state index < -0.39 is 13.1 Å². The van der Waals surface area contributed by atoms with Gasteiger partial charge in [0, 0.05) is 0 Å². The van der Waals surface area contributed by atoms with Gasteiger partial charge in [-0.25, -0.2) is 0 Å². The van der Waals surface area contributed by atoms with Crippen molar-refractivity contribution in [1.29, 1.82) is 0 Å². The van der Waals surface area contributed by atoms with E-state index in [-0.39, 0.29) is 6.16 Å². The van der Waals surface area contributed by atoms with E-state index in [0.29, 0.717) is 13.2 Å². The zero-order chi connectivity index (χ0) is 12.1. The summed E-state index contributed by atoms with van der Waals surface area (Å²) in [7, 11) is -3.11. The van der Waals surface area contributed by atoms with Crippen LogP contribution >= 0.6 is 31.1 Å². The SMILES string of the molecule is CCOP(=O)(CC(C)(C)N(Cl)Cl)OCC. The van der Waals surface area contributed by atoms with Gasteiger partial charge in [-0.3, -0.25) is 4.57 Å². The molecule has 0 N–H and O–H groups in total. The predicted molar refractivity (Wildman–Crippen MR) is 63.3 cm³/mol. The molecule has 0 aliphatic rings. The highest BCUT2D eigenvalue weighted by molar-refractivity contribution is 7.53. The highest BCUT2D eigenvalue weighted by Crippen LogP contribution is 2.51. The maximum absolute atomic E-state index is 12.1. The number of halogens is 2. The van der Waals surface area contributed by atoms with Gasteiger partial charge >= 0.3 is 7.60 Å². The minimum Gasteiger partial charge on any atom is -0.309 e. The Kier molecular flexibility index (Phi) is 6.73. The number of rotatable bonds is 7. The molecule has 92 valence electrons. The van der Waals surface area contributed by atoms with Crippen LogP contribution in [0.1, 0.15) is 27.7 Å². The summed E-state index contributed by atoms with van der Waals surface area (Å²) in [6.45, 7) is 7.71. The molecule has 0 saturated carbocycles. The molecule has 4 nitrogen and oxygen atoms in total. The Morgan fingerprint density at radius 1 is 1.20 bits per heavy atom. The second-order valence-electron chi connectivity index (χ2n) is 3.65. The van der Waals surface area contributed by atoms with E-state index in [0.717, 1.165) is 3.94 Å². The van der Waals surface area contributed by atoms with E-state index in [2.05, 4.69) is 0 Å². The Morgan fingerprint density at radius 3 is 1.87 bits per heavy atom. The van der Waals surface area contributed by atoms with Crippen molar-refractivity contribution in [2.24, 2.45) is 0 Å². The molecule has 0 amide bonds. The Bertz CT molecular complexity index is 226. The lowest BCUT2D eigenvalue weighted by molar-refractivity contribution is 0.209. The molecule has 0 aliphatic carbocycles. The first-order valence-electron chi connectivity index (χ1n) is 4.77. The molecule has 0 atom stereocenters. The first-order valence-corrected chi connectivity index (χ1v) is 7.17. The molecule has 0 bridgehead atoms. The summed E-state index contributed by atoms with van der Waals surface area (Å²) in [6, 6.07) is 0. The van der Waals surface area contributed by atoms with E-state index in [1.54, 1.807) is 27.7 Å². The third-order valence-corrected chi connectivity index (χ3v) is 5.07. The average Bonchev–Trinajstić information content (AvgIpc) is 2.02. The number of hydrogen-bond acceptors (Lipinski definition) is 4. The molecule has 0 heterocycles. The summed E-state index contributed by atoms with van der Waals surface area (Å²) >= 11 is 11.3. The normalized spacial score (nSPS) is 13.5. The topological polar surface area (TPSA) is 38.8 Å². The molecule has 0 aromatic rings. The molecule has 0 aromatic heterocycles. The van der Waals surface area contributed by atoms with Crippen molar-refractivity contribution in [3.63, 3.8) is 0 Å². The number of hydrogen-bond donors (Lipinski definition) is 0. The molecule has 0 radical (unpaired) electrons. The molecule has 0 aromatic carbocycles. The minimum absolute atomic E-state index is 0.147. The summed E-state index contributed by atoms with van der Waals surface area (Å²) in [5.74, 6) is 0. The first kappa shape index (κ1) is 15.7. The zero-order valence-corrected chi connectivity index (χ0v) is 11.9. The zero-order valence-electron chi connectivity index (χ0n) is 9.50. The van der Waals surface area contributed by atoms with Gasteiger partial charge in [0.25, 0.3) is 0 Å². The van der Waals surface area contributed by atoms with Crippen molar-refractivity contribution in [2.75, 3.05) is 19.4 Å². The fourth-order valence-corrected chi connectivity index (χ4v) is 3.47. The Balaban J connectivity index is 4.60. The molecular formula is C8H18Cl2NO3P. The number of nitrogens with zero attached hydrogens (tertiary/aromatic N) is 1. The van der Waals surface area contributed by atoms with Crippen molar-refractivity contribution >= 4 is 31.1 Å². The summed E-state index contributed by atoms with van der Waals surface area (Å²) in [6.07, 6.45) is 0.147. The van der Waals surface area contributed by atoms with Gasteiger partial charge in [-0.15, -0.1) is 3.94 Å². The second-order valence-corrected chi connectivity index (χ2v) is 6.55. The van der Waals surface area contributed by atoms with E-state index in [4.69, 9.17) is 32.6 Å². The smallest absolute Gasteiger partial charge is 0.309 e. The fourth-order valence-electron chi connectivity index (χ4n) is 1.05. The van der Waals surface area contributed by atoms with Crippen LogP contribution in [-0.2, 0) is 13.6 Å². The van der Waals surface area contributed by atoms with Crippen LogP contribution in [0.25, 0.3) is 0 Å². The van der Waals surface area contributed by atoms with Gasteiger partial charge < -0.3 is 9.05 Å². The van der Waals surface area contributed by atoms with Crippen LogP contribution in [0.15, 0.2) is 0 Å². The van der Waals surface area contributed by atoms with Crippen molar-refractivity contribution in [3.05, 3.63) is 0 Å². The van der Waals surface area contributed by atoms with Crippen molar-refractivity contribution < 1.29 is 13.6 Å². The highest BCUT2D eigenvalue weighted by atomic mass is 35.5. The third-order valence-electron chi connectivity index (χ3n) is 1.69. The van der Waals surface area contributed by atoms with E-state index in [1.807, 2.05) is 0 Å². The largest absolute Gasteiger partial charge is 0.332 e. The van der Waals surface area contributed by atoms with Gasteiger partial charge in [0.05, 0.1) is 24.9 Å². The lowest BCUT2D eigenvalue weighted by Crippen LogP contribution is -2.35. The van der Waals surface area contributed by atoms with Gasteiger partial charge in [-0.1, -0.05) is 0 Å². The molecule has 0 spiro atoms. The summed E-state index contributed by atoms with van der Waals surface area (Å²) < 4.78 is 23.4. The second kappa shape index (κ2) is 6.43. The van der Waals surface area contributed by atoms with E-state index in [9.17, 15) is 4.57 Å². The van der Waals surface area contributed by atoms with Gasteiger partial charge in [-0.2, -0.15) is 0 Å². The molecule has 0 unspecified atom stereocenters. The van der Waals surface area contributed by atoms with Gasteiger partial charge in [0.2, 0.25) is 0 Å². The van der Waals surface area contributed by atoms with Crippen molar-refractivity contribution in [3.8, 4) is 0 Å². The summed E-state index contributed by atoms with van der Waals surface area (Å²) in [5, 5.41) is 0. The van der Waals surface area contributed by atoms with Crippen LogP contribution in [0.4, 0.5) is 0 Å². The molecular weight excluding hydrogens is 260 g/mol. The highest BCUT2D eigenvalue weighted by Gasteiger charge is 2.36. The van der Waals surface area contributed by atoms with Crippen molar-refractivity contribution in [2.45, 2.75) is 33.2 Å². The fraction of sp³-hybridized carbons (Fsp3) is 1.00. The molecule has 0 rings (SSSR count).